The maximum absolute atomic E-state index is 12.6. The summed E-state index contributed by atoms with van der Waals surface area (Å²) in [7, 11) is 0. The van der Waals surface area contributed by atoms with Crippen molar-refractivity contribution in [1.29, 1.82) is 0 Å². The van der Waals surface area contributed by atoms with Crippen LogP contribution in [0.3, 0.4) is 0 Å². The zero-order chi connectivity index (χ0) is 20.6. The zero-order valence-electron chi connectivity index (χ0n) is 17.2. The van der Waals surface area contributed by atoms with Crippen LogP contribution in [0.1, 0.15) is 30.1 Å². The van der Waals surface area contributed by atoms with Gasteiger partial charge in [0.2, 0.25) is 5.91 Å². The van der Waals surface area contributed by atoms with E-state index in [-0.39, 0.29) is 11.7 Å². The van der Waals surface area contributed by atoms with Crippen LogP contribution in [0.2, 0.25) is 0 Å². The van der Waals surface area contributed by atoms with Crippen LogP contribution >= 0.6 is 11.8 Å². The second-order valence-corrected chi connectivity index (χ2v) is 8.14. The van der Waals surface area contributed by atoms with Gasteiger partial charge in [-0.15, -0.1) is 11.8 Å². The quantitative estimate of drug-likeness (QED) is 0.522. The summed E-state index contributed by atoms with van der Waals surface area (Å²) < 4.78 is 0. The predicted molar refractivity (Wildman–Crippen MR) is 121 cm³/mol. The Hall–Kier alpha value is -2.31. The van der Waals surface area contributed by atoms with Crippen LogP contribution in [0, 0.1) is 0 Å². The number of anilines is 2. The molecule has 1 aliphatic rings. The summed E-state index contributed by atoms with van der Waals surface area (Å²) in [6.45, 7) is 6.52. The molecule has 0 atom stereocenters. The third-order valence-corrected chi connectivity index (χ3v) is 6.00. The van der Waals surface area contributed by atoms with Gasteiger partial charge in [-0.25, -0.2) is 0 Å². The number of ketones is 1. The summed E-state index contributed by atoms with van der Waals surface area (Å²) in [5.74, 6) is 0.00622. The molecule has 0 saturated carbocycles. The summed E-state index contributed by atoms with van der Waals surface area (Å²) in [4.78, 5) is 29.8. The highest BCUT2D eigenvalue weighted by Crippen LogP contribution is 2.27. The molecule has 0 unspecified atom stereocenters. The van der Waals surface area contributed by atoms with Gasteiger partial charge >= 0.3 is 0 Å². The topological polar surface area (TPSA) is 52.7 Å². The molecule has 0 aliphatic carbocycles. The number of hydrogen-bond donors (Lipinski definition) is 1. The van der Waals surface area contributed by atoms with Gasteiger partial charge in [0, 0.05) is 55.7 Å². The van der Waals surface area contributed by atoms with Crippen molar-refractivity contribution < 1.29 is 9.59 Å². The number of benzene rings is 2. The van der Waals surface area contributed by atoms with Gasteiger partial charge in [0.15, 0.2) is 5.78 Å². The molecule has 0 radical (unpaired) electrons. The molecule has 5 nitrogen and oxygen atoms in total. The van der Waals surface area contributed by atoms with E-state index in [0.29, 0.717) is 17.7 Å². The van der Waals surface area contributed by atoms with Crippen LogP contribution in [0.5, 0.6) is 0 Å². The molecule has 0 spiro atoms. The van der Waals surface area contributed by atoms with Crippen molar-refractivity contribution in [1.82, 2.24) is 4.90 Å². The highest BCUT2D eigenvalue weighted by molar-refractivity contribution is 7.98. The van der Waals surface area contributed by atoms with Gasteiger partial charge in [0.25, 0.3) is 0 Å². The number of carbonyl (C=O) groups is 2. The van der Waals surface area contributed by atoms with Gasteiger partial charge in [0.1, 0.15) is 0 Å². The third-order valence-electron chi connectivity index (χ3n) is 5.20. The summed E-state index contributed by atoms with van der Waals surface area (Å²) in [6.07, 6.45) is 3.33. The average molecular weight is 412 g/mol. The molecule has 29 heavy (non-hydrogen) atoms. The molecular formula is C23H29N3O2S. The normalized spacial score (nSPS) is 14.6. The fourth-order valence-corrected chi connectivity index (χ4v) is 4.18. The van der Waals surface area contributed by atoms with Crippen LogP contribution in [0.25, 0.3) is 0 Å². The number of nitrogens with zero attached hydrogens (tertiary/aromatic N) is 2. The molecule has 6 heteroatoms. The second-order valence-electron chi connectivity index (χ2n) is 7.29. The van der Waals surface area contributed by atoms with Crippen LogP contribution < -0.4 is 10.2 Å². The zero-order valence-corrected chi connectivity index (χ0v) is 18.0. The van der Waals surface area contributed by atoms with Gasteiger partial charge < -0.3 is 10.2 Å². The number of para-hydroxylation sites is 1. The van der Waals surface area contributed by atoms with Crippen molar-refractivity contribution >= 4 is 34.8 Å². The second kappa shape index (κ2) is 10.5. The third kappa shape index (κ3) is 6.08. The number of piperazine rings is 1. The summed E-state index contributed by atoms with van der Waals surface area (Å²) in [6, 6.07) is 16.1. The molecule has 1 amide bonds. The average Bonchev–Trinajstić information content (AvgIpc) is 2.74. The minimum atomic E-state index is -0.125. The molecule has 1 N–H and O–H groups in total. The molecule has 1 heterocycles. The first-order chi connectivity index (χ1) is 14.1. The lowest BCUT2D eigenvalue weighted by atomic mass is 10.1. The Kier molecular flexibility index (Phi) is 7.72. The Morgan fingerprint density at radius 3 is 2.41 bits per heavy atom. The van der Waals surface area contributed by atoms with Gasteiger partial charge in [0.05, 0.1) is 5.69 Å². The molecule has 1 saturated heterocycles. The Bertz CT molecular complexity index is 833. The SMILES string of the molecule is CSc1ccc(C(=O)CCCN2CCN(c3ccccc3)CC2)cc1NC(C)=O. The van der Waals surface area contributed by atoms with Gasteiger partial charge in [-0.05, 0) is 43.5 Å². The largest absolute Gasteiger partial charge is 0.369 e. The maximum atomic E-state index is 12.6. The number of thioether (sulfide) groups is 1. The molecule has 2 aromatic carbocycles. The first-order valence-electron chi connectivity index (χ1n) is 10.1. The smallest absolute Gasteiger partial charge is 0.221 e. The van der Waals surface area contributed by atoms with Gasteiger partial charge in [-0.1, -0.05) is 24.3 Å². The van der Waals surface area contributed by atoms with E-state index in [1.165, 1.54) is 12.6 Å². The lowest BCUT2D eigenvalue weighted by Gasteiger charge is -2.36. The Morgan fingerprint density at radius 2 is 1.76 bits per heavy atom. The van der Waals surface area contributed by atoms with E-state index >= 15 is 0 Å². The minimum absolute atomic E-state index is 0.125. The summed E-state index contributed by atoms with van der Waals surface area (Å²) in [5, 5.41) is 2.82. The first kappa shape index (κ1) is 21.4. The number of carbonyl (C=O) groups excluding carboxylic acids is 2. The molecule has 1 aliphatic heterocycles. The van der Waals surface area contributed by atoms with E-state index in [4.69, 9.17) is 0 Å². The predicted octanol–water partition coefficient (Wildman–Crippen LogP) is 4.15. The van der Waals surface area contributed by atoms with E-state index < -0.39 is 0 Å². The maximum Gasteiger partial charge on any atom is 0.221 e. The standard InChI is InChI=1S/C23H29N3O2S/c1-18(27)24-21-17-19(10-11-23(21)29-2)22(28)9-6-12-25-13-15-26(16-14-25)20-7-4-3-5-8-20/h3-5,7-8,10-11,17H,6,9,12-16H2,1-2H3,(H,24,27). The number of hydrogen-bond acceptors (Lipinski definition) is 5. The van der Waals surface area contributed by atoms with E-state index in [1.54, 1.807) is 17.8 Å². The Labute approximate surface area is 177 Å². The van der Waals surface area contributed by atoms with Crippen molar-refractivity contribution in [3.63, 3.8) is 0 Å². The van der Waals surface area contributed by atoms with Crippen LogP contribution in [0.4, 0.5) is 11.4 Å². The van der Waals surface area contributed by atoms with Crippen LogP contribution in [-0.2, 0) is 4.79 Å². The lowest BCUT2D eigenvalue weighted by Crippen LogP contribution is -2.46. The lowest BCUT2D eigenvalue weighted by molar-refractivity contribution is -0.114. The number of nitrogens with one attached hydrogen (secondary N) is 1. The van der Waals surface area contributed by atoms with Gasteiger partial charge in [-0.3, -0.25) is 14.5 Å². The Morgan fingerprint density at radius 1 is 1.03 bits per heavy atom. The molecule has 2 aromatic rings. The van der Waals surface area contributed by atoms with E-state index in [1.807, 2.05) is 24.5 Å². The fraction of sp³-hybridized carbons (Fsp3) is 0.391. The molecule has 3 rings (SSSR count). The minimum Gasteiger partial charge on any atom is -0.369 e. The van der Waals surface area contributed by atoms with Gasteiger partial charge in [-0.2, -0.15) is 0 Å². The number of rotatable bonds is 8. The van der Waals surface area contributed by atoms with Crippen molar-refractivity contribution in [2.24, 2.45) is 0 Å². The number of Topliss-reactive ketones (excluding diaryl/α,β-unsaturated/α-hetero) is 1. The monoisotopic (exact) mass is 411 g/mol. The van der Waals surface area contributed by atoms with E-state index in [2.05, 4.69) is 39.4 Å². The summed E-state index contributed by atoms with van der Waals surface area (Å²) >= 11 is 1.56. The van der Waals surface area contributed by atoms with Crippen LogP contribution in [0.15, 0.2) is 53.4 Å². The van der Waals surface area contributed by atoms with Crippen molar-refractivity contribution in [3.05, 3.63) is 54.1 Å². The molecule has 0 bridgehead atoms. The van der Waals surface area contributed by atoms with E-state index in [0.717, 1.165) is 44.0 Å². The fourth-order valence-electron chi connectivity index (χ4n) is 3.64. The molecule has 154 valence electrons. The van der Waals surface area contributed by atoms with Crippen molar-refractivity contribution in [2.75, 3.05) is 49.2 Å². The van der Waals surface area contributed by atoms with Crippen LogP contribution in [-0.4, -0.2) is 55.6 Å². The molecule has 0 aromatic heterocycles. The highest BCUT2D eigenvalue weighted by Gasteiger charge is 2.17. The number of amides is 1. The highest BCUT2D eigenvalue weighted by atomic mass is 32.2. The molecular weight excluding hydrogens is 382 g/mol. The Balaban J connectivity index is 1.46. The van der Waals surface area contributed by atoms with Crippen molar-refractivity contribution in [2.45, 2.75) is 24.7 Å². The summed E-state index contributed by atoms with van der Waals surface area (Å²) in [5.41, 5.74) is 2.67. The molecule has 1 fully saturated rings. The van der Waals surface area contributed by atoms with E-state index in [9.17, 15) is 9.59 Å². The first-order valence-corrected chi connectivity index (χ1v) is 11.3. The van der Waals surface area contributed by atoms with Crippen molar-refractivity contribution in [3.8, 4) is 0 Å².